The summed E-state index contributed by atoms with van der Waals surface area (Å²) in [5.74, 6) is 0.339. The van der Waals surface area contributed by atoms with Crippen LogP contribution in [0, 0.1) is 6.92 Å². The Kier molecular flexibility index (Phi) is 3.75. The molecule has 0 saturated carbocycles. The third kappa shape index (κ3) is 2.83. The predicted molar refractivity (Wildman–Crippen MR) is 73.9 cm³/mol. The van der Waals surface area contributed by atoms with Crippen LogP contribution in [0.5, 0.6) is 5.75 Å². The van der Waals surface area contributed by atoms with E-state index in [9.17, 15) is 5.11 Å². The summed E-state index contributed by atoms with van der Waals surface area (Å²) in [4.78, 5) is 1.23. The van der Waals surface area contributed by atoms with Gasteiger partial charge in [-0.05, 0) is 54.5 Å². The normalized spacial score (nSPS) is 10.5. The Hall–Kier alpha value is -1.41. The smallest absolute Gasteiger partial charge is 0.115 e. The highest BCUT2D eigenvalue weighted by molar-refractivity contribution is 7.98. The number of phenolic OH excluding ortho intramolecular Hbond substituents is 1. The summed E-state index contributed by atoms with van der Waals surface area (Å²) in [5.41, 5.74) is 3.79. The van der Waals surface area contributed by atoms with Gasteiger partial charge < -0.3 is 5.11 Å². The van der Waals surface area contributed by atoms with Gasteiger partial charge in [-0.25, -0.2) is 0 Å². The van der Waals surface area contributed by atoms with Gasteiger partial charge in [0.1, 0.15) is 5.75 Å². The molecule has 17 heavy (non-hydrogen) atoms. The van der Waals surface area contributed by atoms with Crippen LogP contribution < -0.4 is 0 Å². The molecule has 0 saturated heterocycles. The SMILES string of the molecule is CSc1ccc(O)cc1Cc1ccccc1C. The third-order valence-corrected chi connectivity index (χ3v) is 3.74. The molecule has 0 unspecified atom stereocenters. The van der Waals surface area contributed by atoms with Gasteiger partial charge in [0, 0.05) is 4.90 Å². The summed E-state index contributed by atoms with van der Waals surface area (Å²) in [6.45, 7) is 2.12. The maximum absolute atomic E-state index is 9.57. The molecule has 1 N–H and O–H groups in total. The molecule has 0 aromatic heterocycles. The average molecular weight is 244 g/mol. The summed E-state index contributed by atoms with van der Waals surface area (Å²) in [6, 6.07) is 14.0. The number of phenols is 1. The van der Waals surface area contributed by atoms with Gasteiger partial charge in [-0.3, -0.25) is 0 Å². The third-order valence-electron chi connectivity index (χ3n) is 2.91. The Labute approximate surface area is 107 Å². The molecule has 0 amide bonds. The van der Waals surface area contributed by atoms with Gasteiger partial charge in [0.05, 0.1) is 0 Å². The van der Waals surface area contributed by atoms with Gasteiger partial charge in [-0.1, -0.05) is 24.3 Å². The van der Waals surface area contributed by atoms with Crippen molar-refractivity contribution >= 4 is 11.8 Å². The molecule has 0 spiro atoms. The lowest BCUT2D eigenvalue weighted by atomic mass is 10.0. The molecule has 0 bridgehead atoms. The van der Waals surface area contributed by atoms with E-state index in [1.165, 1.54) is 21.6 Å². The van der Waals surface area contributed by atoms with Crippen molar-refractivity contribution in [2.24, 2.45) is 0 Å². The lowest BCUT2D eigenvalue weighted by molar-refractivity contribution is 0.474. The highest BCUT2D eigenvalue weighted by Crippen LogP contribution is 2.27. The number of thioether (sulfide) groups is 1. The van der Waals surface area contributed by atoms with E-state index in [2.05, 4.69) is 37.4 Å². The van der Waals surface area contributed by atoms with Crippen LogP contribution in [-0.4, -0.2) is 11.4 Å². The van der Waals surface area contributed by atoms with Gasteiger partial charge in [0.25, 0.3) is 0 Å². The first-order valence-corrected chi connectivity index (χ1v) is 6.83. The fourth-order valence-corrected chi connectivity index (χ4v) is 2.51. The minimum atomic E-state index is 0.339. The average Bonchev–Trinajstić information content (AvgIpc) is 2.32. The van der Waals surface area contributed by atoms with Gasteiger partial charge >= 0.3 is 0 Å². The number of benzene rings is 2. The van der Waals surface area contributed by atoms with Crippen molar-refractivity contribution in [1.29, 1.82) is 0 Å². The first kappa shape index (κ1) is 12.1. The molecule has 88 valence electrons. The molecule has 2 rings (SSSR count). The Morgan fingerprint density at radius 2 is 1.82 bits per heavy atom. The molecular weight excluding hydrogens is 228 g/mol. The van der Waals surface area contributed by atoms with Crippen molar-refractivity contribution in [3.8, 4) is 5.75 Å². The zero-order chi connectivity index (χ0) is 12.3. The molecule has 0 heterocycles. The Balaban J connectivity index is 2.35. The minimum Gasteiger partial charge on any atom is -0.508 e. The molecule has 2 aromatic rings. The molecule has 0 aliphatic carbocycles. The van der Waals surface area contributed by atoms with Crippen molar-refractivity contribution < 1.29 is 5.11 Å². The van der Waals surface area contributed by atoms with Crippen molar-refractivity contribution in [2.45, 2.75) is 18.2 Å². The quantitative estimate of drug-likeness (QED) is 0.823. The molecule has 2 heteroatoms. The van der Waals surface area contributed by atoms with Gasteiger partial charge in [0.15, 0.2) is 0 Å². The first-order chi connectivity index (χ1) is 8.20. The van der Waals surface area contributed by atoms with Crippen molar-refractivity contribution in [3.63, 3.8) is 0 Å². The van der Waals surface area contributed by atoms with E-state index in [1.54, 1.807) is 17.8 Å². The van der Waals surface area contributed by atoms with E-state index in [0.29, 0.717) is 5.75 Å². The van der Waals surface area contributed by atoms with Crippen molar-refractivity contribution in [1.82, 2.24) is 0 Å². The molecule has 2 aromatic carbocycles. The lowest BCUT2D eigenvalue weighted by Crippen LogP contribution is -1.93. The molecule has 0 aliphatic rings. The molecular formula is C15H16OS. The fourth-order valence-electron chi connectivity index (χ4n) is 1.92. The van der Waals surface area contributed by atoms with E-state index in [0.717, 1.165) is 6.42 Å². The first-order valence-electron chi connectivity index (χ1n) is 5.61. The minimum absolute atomic E-state index is 0.339. The van der Waals surface area contributed by atoms with Gasteiger partial charge in [0.2, 0.25) is 0 Å². The summed E-state index contributed by atoms with van der Waals surface area (Å²) in [6.07, 6.45) is 2.94. The highest BCUT2D eigenvalue weighted by Gasteiger charge is 2.05. The maximum atomic E-state index is 9.57. The summed E-state index contributed by atoms with van der Waals surface area (Å²) in [7, 11) is 0. The standard InChI is InChI=1S/C15H16OS/c1-11-5-3-4-6-12(11)9-13-10-14(16)7-8-15(13)17-2/h3-8,10,16H,9H2,1-2H3. The van der Waals surface area contributed by atoms with E-state index in [4.69, 9.17) is 0 Å². The monoisotopic (exact) mass is 244 g/mol. The lowest BCUT2D eigenvalue weighted by Gasteiger charge is -2.10. The topological polar surface area (TPSA) is 20.2 Å². The maximum Gasteiger partial charge on any atom is 0.115 e. The van der Waals surface area contributed by atoms with Crippen molar-refractivity contribution in [2.75, 3.05) is 6.26 Å². The molecule has 0 fully saturated rings. The predicted octanol–water partition coefficient (Wildman–Crippen LogP) is 4.01. The summed E-state index contributed by atoms with van der Waals surface area (Å²) >= 11 is 1.72. The van der Waals surface area contributed by atoms with Crippen LogP contribution in [0.4, 0.5) is 0 Å². The van der Waals surface area contributed by atoms with Crippen molar-refractivity contribution in [3.05, 3.63) is 59.2 Å². The van der Waals surface area contributed by atoms with E-state index in [-0.39, 0.29) is 0 Å². The number of aromatic hydroxyl groups is 1. The van der Waals surface area contributed by atoms with E-state index in [1.807, 2.05) is 12.1 Å². The molecule has 1 nitrogen and oxygen atoms in total. The Morgan fingerprint density at radius 3 is 2.53 bits per heavy atom. The number of rotatable bonds is 3. The highest BCUT2D eigenvalue weighted by atomic mass is 32.2. The van der Waals surface area contributed by atoms with E-state index >= 15 is 0 Å². The van der Waals surface area contributed by atoms with Crippen LogP contribution in [0.1, 0.15) is 16.7 Å². The van der Waals surface area contributed by atoms with Gasteiger partial charge in [-0.15, -0.1) is 11.8 Å². The Morgan fingerprint density at radius 1 is 1.06 bits per heavy atom. The number of aryl methyl sites for hydroxylation is 1. The van der Waals surface area contributed by atoms with Crippen LogP contribution in [0.15, 0.2) is 47.4 Å². The molecule has 0 atom stereocenters. The second-order valence-electron chi connectivity index (χ2n) is 4.10. The van der Waals surface area contributed by atoms with Crippen LogP contribution in [0.2, 0.25) is 0 Å². The van der Waals surface area contributed by atoms with Crippen LogP contribution in [0.3, 0.4) is 0 Å². The number of hydrogen-bond donors (Lipinski definition) is 1. The summed E-state index contributed by atoms with van der Waals surface area (Å²) in [5, 5.41) is 9.57. The second-order valence-corrected chi connectivity index (χ2v) is 4.95. The van der Waals surface area contributed by atoms with Crippen LogP contribution in [-0.2, 0) is 6.42 Å². The fraction of sp³-hybridized carbons (Fsp3) is 0.200. The van der Waals surface area contributed by atoms with Gasteiger partial charge in [-0.2, -0.15) is 0 Å². The largest absolute Gasteiger partial charge is 0.508 e. The second kappa shape index (κ2) is 5.28. The van der Waals surface area contributed by atoms with E-state index < -0.39 is 0 Å². The Bertz CT molecular complexity index is 520. The van der Waals surface area contributed by atoms with Crippen LogP contribution in [0.25, 0.3) is 0 Å². The molecule has 0 aliphatic heterocycles. The van der Waals surface area contributed by atoms with Crippen LogP contribution >= 0.6 is 11.8 Å². The zero-order valence-electron chi connectivity index (χ0n) is 10.1. The number of hydrogen-bond acceptors (Lipinski definition) is 2. The zero-order valence-corrected chi connectivity index (χ0v) is 10.9. The molecule has 0 radical (unpaired) electrons. The summed E-state index contributed by atoms with van der Waals surface area (Å²) < 4.78 is 0.